The number of halogens is 1. The summed E-state index contributed by atoms with van der Waals surface area (Å²) < 4.78 is 5.70. The molecule has 1 unspecified atom stereocenters. The maximum atomic E-state index is 13.9. The normalized spacial score (nSPS) is 15.8. The molecule has 5 aromatic rings. The number of allylic oxidation sites excluding steroid dienone is 1. The van der Waals surface area contributed by atoms with Gasteiger partial charge in [-0.1, -0.05) is 93.0 Å². The molecule has 43 heavy (non-hydrogen) atoms. The molecule has 6 heteroatoms. The molecule has 0 fully saturated rings. The van der Waals surface area contributed by atoms with E-state index in [2.05, 4.69) is 32.2 Å². The molecule has 1 N–H and O–H groups in total. The van der Waals surface area contributed by atoms with Gasteiger partial charge in [0.2, 0.25) is 0 Å². The van der Waals surface area contributed by atoms with E-state index in [0.717, 1.165) is 45.0 Å². The van der Waals surface area contributed by atoms with Crippen molar-refractivity contribution in [2.45, 2.75) is 33.6 Å². The molecule has 1 aliphatic rings. The highest BCUT2D eigenvalue weighted by atomic mass is 35.5. The van der Waals surface area contributed by atoms with E-state index in [1.165, 1.54) is 0 Å². The van der Waals surface area contributed by atoms with Crippen LogP contribution in [0, 0.1) is 11.3 Å². The van der Waals surface area contributed by atoms with Crippen LogP contribution >= 0.6 is 11.6 Å². The third-order valence-electron chi connectivity index (χ3n) is 8.22. The minimum absolute atomic E-state index is 0.0106. The van der Waals surface area contributed by atoms with Crippen LogP contribution < -0.4 is 5.32 Å². The van der Waals surface area contributed by atoms with Gasteiger partial charge in [0.15, 0.2) is 6.61 Å². The maximum Gasteiger partial charge on any atom is 0.339 e. The van der Waals surface area contributed by atoms with Gasteiger partial charge >= 0.3 is 5.97 Å². The predicted octanol–water partition coefficient (Wildman–Crippen LogP) is 8.99. The molecule has 0 aliphatic heterocycles. The number of para-hydroxylation sites is 1. The summed E-state index contributed by atoms with van der Waals surface area (Å²) in [6.45, 7) is 6.29. The van der Waals surface area contributed by atoms with Crippen molar-refractivity contribution in [2.75, 3.05) is 11.9 Å². The van der Waals surface area contributed by atoms with E-state index in [1.54, 1.807) is 0 Å². The lowest BCUT2D eigenvalue weighted by molar-refractivity contribution is -0.119. The number of pyridine rings is 1. The number of benzene rings is 4. The maximum absolute atomic E-state index is 13.9. The summed E-state index contributed by atoms with van der Waals surface area (Å²) in [5.74, 6) is -0.653. The topological polar surface area (TPSA) is 68.3 Å². The molecule has 0 radical (unpaired) electrons. The molecule has 1 aromatic heterocycles. The first kappa shape index (κ1) is 28.6. The van der Waals surface area contributed by atoms with Crippen LogP contribution in [0.3, 0.4) is 0 Å². The Kier molecular flexibility index (Phi) is 7.76. The summed E-state index contributed by atoms with van der Waals surface area (Å²) in [6, 6.07) is 29.0. The smallest absolute Gasteiger partial charge is 0.339 e. The lowest BCUT2D eigenvalue weighted by Crippen LogP contribution is -2.29. The number of fused-ring (bicyclic) bond motifs is 3. The number of hydrogen-bond donors (Lipinski definition) is 1. The molecule has 1 aliphatic carbocycles. The van der Waals surface area contributed by atoms with Crippen molar-refractivity contribution >= 4 is 62.5 Å². The first-order valence-corrected chi connectivity index (χ1v) is 14.9. The Bertz CT molecular complexity index is 1890. The van der Waals surface area contributed by atoms with Gasteiger partial charge < -0.3 is 10.1 Å². The van der Waals surface area contributed by atoms with Crippen molar-refractivity contribution in [1.82, 2.24) is 4.98 Å². The van der Waals surface area contributed by atoms with E-state index in [4.69, 9.17) is 21.3 Å². The first-order valence-electron chi connectivity index (χ1n) is 14.5. The van der Waals surface area contributed by atoms with Crippen molar-refractivity contribution < 1.29 is 14.3 Å². The molecule has 0 bridgehead atoms. The average Bonchev–Trinajstić information content (AvgIpc) is 2.99. The Hall–Kier alpha value is -4.48. The number of anilines is 1. The molecular weight excluding hydrogens is 556 g/mol. The fourth-order valence-corrected chi connectivity index (χ4v) is 5.92. The van der Waals surface area contributed by atoms with E-state index in [1.807, 2.05) is 91.0 Å². The molecule has 0 saturated heterocycles. The molecule has 5 nitrogen and oxygen atoms in total. The molecule has 0 spiro atoms. The Morgan fingerprint density at radius 3 is 2.42 bits per heavy atom. The van der Waals surface area contributed by atoms with Gasteiger partial charge in [-0.15, -0.1) is 0 Å². The van der Waals surface area contributed by atoms with Crippen molar-refractivity contribution in [3.05, 3.63) is 118 Å². The third-order valence-corrected chi connectivity index (χ3v) is 8.47. The lowest BCUT2D eigenvalue weighted by atomic mass is 9.69. The van der Waals surface area contributed by atoms with Gasteiger partial charge in [-0.25, -0.2) is 9.78 Å². The molecule has 216 valence electrons. The summed E-state index contributed by atoms with van der Waals surface area (Å²) in [7, 11) is 0. The zero-order valence-electron chi connectivity index (χ0n) is 24.5. The summed E-state index contributed by atoms with van der Waals surface area (Å²) >= 11 is 6.15. The highest BCUT2D eigenvalue weighted by Crippen LogP contribution is 2.45. The van der Waals surface area contributed by atoms with Crippen LogP contribution in [0.2, 0.25) is 5.02 Å². The number of aromatic nitrogens is 1. The van der Waals surface area contributed by atoms with Crippen LogP contribution in [-0.4, -0.2) is 23.5 Å². The van der Waals surface area contributed by atoms with Crippen LogP contribution in [0.25, 0.3) is 33.3 Å². The van der Waals surface area contributed by atoms with E-state index in [-0.39, 0.29) is 11.3 Å². The lowest BCUT2D eigenvalue weighted by Gasteiger charge is -2.36. The van der Waals surface area contributed by atoms with Crippen molar-refractivity contribution in [1.29, 1.82) is 0 Å². The van der Waals surface area contributed by atoms with E-state index in [9.17, 15) is 9.59 Å². The molecule has 1 amide bonds. The second kappa shape index (κ2) is 11.7. The number of carbonyl (C=O) groups excluding carboxylic acids is 2. The van der Waals surface area contributed by atoms with Crippen LogP contribution in [0.1, 0.15) is 54.4 Å². The standard InChI is InChI=1S/C37H33ClN2O3/c1-37(2,3)27-19-26(18-23-12-15-28(38)16-13-23)35-31(21-27)34(30-10-6-7-11-32(30)40-35)36(42)43-22-33(41)39-29-17-14-24-8-4-5-9-25(24)20-29/h4-18,20,27H,19,21-22H2,1-3H3,(H,39,41). The summed E-state index contributed by atoms with van der Waals surface area (Å²) in [5.41, 5.74) is 5.59. The zero-order valence-corrected chi connectivity index (χ0v) is 25.2. The SMILES string of the molecule is CC(C)(C)C1CC(=Cc2ccc(Cl)cc2)c2nc3ccccc3c(C(=O)OCC(=O)Nc3ccc4ccccc4c3)c2C1. The second-order valence-corrected chi connectivity index (χ2v) is 12.6. The summed E-state index contributed by atoms with van der Waals surface area (Å²) in [6.07, 6.45) is 3.65. The van der Waals surface area contributed by atoms with Crippen LogP contribution in [-0.2, 0) is 16.0 Å². The number of carbonyl (C=O) groups is 2. The molecule has 0 saturated carbocycles. The van der Waals surface area contributed by atoms with Crippen molar-refractivity contribution in [2.24, 2.45) is 11.3 Å². The monoisotopic (exact) mass is 588 g/mol. The quantitative estimate of drug-likeness (QED) is 0.208. The first-order chi connectivity index (χ1) is 20.7. The Labute approximate surface area is 256 Å². The number of hydrogen-bond acceptors (Lipinski definition) is 4. The van der Waals surface area contributed by atoms with E-state index < -0.39 is 18.5 Å². The Morgan fingerprint density at radius 2 is 1.65 bits per heavy atom. The Balaban J connectivity index is 1.34. The number of amides is 1. The van der Waals surface area contributed by atoms with Gasteiger partial charge in [-0.05, 0) is 88.1 Å². The average molecular weight is 589 g/mol. The number of rotatable bonds is 5. The van der Waals surface area contributed by atoms with Gasteiger partial charge in [0, 0.05) is 16.1 Å². The molecule has 1 atom stereocenters. The molecule has 6 rings (SSSR count). The van der Waals surface area contributed by atoms with Crippen molar-refractivity contribution in [3.8, 4) is 0 Å². The highest BCUT2D eigenvalue weighted by molar-refractivity contribution is 6.30. The summed E-state index contributed by atoms with van der Waals surface area (Å²) in [5, 5.41) is 6.36. The number of esters is 1. The predicted molar refractivity (Wildman–Crippen MR) is 175 cm³/mol. The van der Waals surface area contributed by atoms with Gasteiger partial charge in [-0.2, -0.15) is 0 Å². The van der Waals surface area contributed by atoms with Gasteiger partial charge in [0.1, 0.15) is 0 Å². The third kappa shape index (κ3) is 6.18. The largest absolute Gasteiger partial charge is 0.452 e. The minimum Gasteiger partial charge on any atom is -0.452 e. The number of nitrogens with one attached hydrogen (secondary N) is 1. The van der Waals surface area contributed by atoms with Crippen LogP contribution in [0.5, 0.6) is 0 Å². The minimum atomic E-state index is -0.524. The Morgan fingerprint density at radius 1 is 0.930 bits per heavy atom. The number of nitrogens with zero attached hydrogens (tertiary/aromatic N) is 1. The number of ether oxygens (including phenoxy) is 1. The summed E-state index contributed by atoms with van der Waals surface area (Å²) in [4.78, 5) is 31.8. The molecular formula is C37H33ClN2O3. The van der Waals surface area contributed by atoms with E-state index in [0.29, 0.717) is 28.2 Å². The molecule has 4 aromatic carbocycles. The second-order valence-electron chi connectivity index (χ2n) is 12.2. The van der Waals surface area contributed by atoms with E-state index >= 15 is 0 Å². The van der Waals surface area contributed by atoms with Crippen molar-refractivity contribution in [3.63, 3.8) is 0 Å². The zero-order chi connectivity index (χ0) is 30.1. The van der Waals surface area contributed by atoms with Gasteiger partial charge in [-0.3, -0.25) is 4.79 Å². The van der Waals surface area contributed by atoms with Gasteiger partial charge in [0.25, 0.3) is 5.91 Å². The van der Waals surface area contributed by atoms with Crippen LogP contribution in [0.4, 0.5) is 5.69 Å². The molecule has 1 heterocycles. The highest BCUT2D eigenvalue weighted by Gasteiger charge is 2.35. The fraction of sp³-hybridized carbons (Fsp3) is 0.216. The van der Waals surface area contributed by atoms with Gasteiger partial charge in [0.05, 0.1) is 16.8 Å². The fourth-order valence-electron chi connectivity index (χ4n) is 5.80. The van der Waals surface area contributed by atoms with Crippen LogP contribution in [0.15, 0.2) is 91.0 Å².